The number of ether oxygens (including phenoxy) is 1. The van der Waals surface area contributed by atoms with Crippen molar-refractivity contribution in [3.63, 3.8) is 0 Å². The summed E-state index contributed by atoms with van der Waals surface area (Å²) in [5, 5.41) is 0. The summed E-state index contributed by atoms with van der Waals surface area (Å²) in [5.41, 5.74) is 10.6. The molecule has 1 rings (SSSR count). The van der Waals surface area contributed by atoms with Gasteiger partial charge in [-0.1, -0.05) is 22.9 Å². The van der Waals surface area contributed by atoms with Gasteiger partial charge in [0.05, 0.1) is 6.04 Å². The molecule has 0 saturated heterocycles. The lowest BCUT2D eigenvalue weighted by Gasteiger charge is -2.25. The Kier molecular flexibility index (Phi) is 5.91. The molecule has 0 radical (unpaired) electrons. The van der Waals surface area contributed by atoms with E-state index in [1.807, 2.05) is 18.2 Å². The quantitative estimate of drug-likeness (QED) is 0.428. The molecule has 0 heterocycles. The fraction of sp³-hybridized carbons (Fsp3) is 0.500. The summed E-state index contributed by atoms with van der Waals surface area (Å²) >= 11 is 3.45. The van der Waals surface area contributed by atoms with Gasteiger partial charge in [0.2, 0.25) is 0 Å². The van der Waals surface area contributed by atoms with E-state index in [9.17, 15) is 0 Å². The van der Waals surface area contributed by atoms with Crippen LogP contribution >= 0.6 is 15.9 Å². The van der Waals surface area contributed by atoms with E-state index in [0.717, 1.165) is 22.1 Å². The van der Waals surface area contributed by atoms with Crippen molar-refractivity contribution in [3.05, 3.63) is 28.2 Å². The molecule has 5 heteroatoms. The van der Waals surface area contributed by atoms with E-state index in [4.69, 9.17) is 16.3 Å². The fourth-order valence-electron chi connectivity index (χ4n) is 1.85. The Hall–Kier alpha value is -0.620. The van der Waals surface area contributed by atoms with Crippen LogP contribution in [0.3, 0.4) is 0 Å². The molecule has 4 nitrogen and oxygen atoms in total. The summed E-state index contributed by atoms with van der Waals surface area (Å²) < 4.78 is 6.09. The molecule has 1 aromatic rings. The van der Waals surface area contributed by atoms with Crippen LogP contribution in [0, 0.1) is 5.92 Å². The van der Waals surface area contributed by atoms with Crippen LogP contribution in [0.2, 0.25) is 0 Å². The van der Waals surface area contributed by atoms with E-state index < -0.39 is 0 Å². The molecule has 2 unspecified atom stereocenters. The first-order chi connectivity index (χ1) is 8.10. The molecule has 0 bridgehead atoms. The van der Waals surface area contributed by atoms with Gasteiger partial charge in [-0.05, 0) is 36.1 Å². The van der Waals surface area contributed by atoms with Crippen LogP contribution in [-0.4, -0.2) is 13.7 Å². The van der Waals surface area contributed by atoms with Crippen LogP contribution in [0.5, 0.6) is 0 Å². The zero-order valence-electron chi connectivity index (χ0n) is 10.2. The molecule has 0 fully saturated rings. The Balaban J connectivity index is 2.88. The van der Waals surface area contributed by atoms with Gasteiger partial charge in [0.25, 0.3) is 0 Å². The minimum absolute atomic E-state index is 0.0302. The van der Waals surface area contributed by atoms with Gasteiger partial charge in [0.1, 0.15) is 0 Å². The zero-order valence-corrected chi connectivity index (χ0v) is 11.8. The highest BCUT2D eigenvalue weighted by Gasteiger charge is 2.20. The van der Waals surface area contributed by atoms with Gasteiger partial charge in [-0.15, -0.1) is 0 Å². The monoisotopic (exact) mass is 301 g/mol. The number of hydrogen-bond acceptors (Lipinski definition) is 4. The number of benzene rings is 1. The minimum atomic E-state index is 0.0302. The molecule has 96 valence electrons. The Bertz CT molecular complexity index is 360. The van der Waals surface area contributed by atoms with E-state index in [0.29, 0.717) is 12.5 Å². The van der Waals surface area contributed by atoms with E-state index in [-0.39, 0.29) is 6.04 Å². The highest BCUT2D eigenvalue weighted by molar-refractivity contribution is 9.10. The van der Waals surface area contributed by atoms with Gasteiger partial charge >= 0.3 is 0 Å². The van der Waals surface area contributed by atoms with Gasteiger partial charge in [-0.25, -0.2) is 0 Å². The van der Waals surface area contributed by atoms with Gasteiger partial charge in [-0.3, -0.25) is 11.3 Å². The maximum Gasteiger partial charge on any atom is 0.0507 e. The second-order valence-electron chi connectivity index (χ2n) is 4.18. The van der Waals surface area contributed by atoms with Gasteiger partial charge in [0, 0.05) is 23.9 Å². The van der Waals surface area contributed by atoms with Gasteiger partial charge < -0.3 is 10.5 Å². The second kappa shape index (κ2) is 6.96. The molecule has 0 aromatic heterocycles. The minimum Gasteiger partial charge on any atom is -0.398 e. The van der Waals surface area contributed by atoms with E-state index in [1.165, 1.54) is 0 Å². The number of methoxy groups -OCH3 is 1. The molecular formula is C12H20BrN3O. The molecule has 17 heavy (non-hydrogen) atoms. The van der Waals surface area contributed by atoms with Crippen LogP contribution in [0.15, 0.2) is 22.7 Å². The third-order valence-electron chi connectivity index (χ3n) is 2.91. The number of halogens is 1. The van der Waals surface area contributed by atoms with Crippen LogP contribution in [0.4, 0.5) is 5.69 Å². The summed E-state index contributed by atoms with van der Waals surface area (Å²) in [6.07, 6.45) is 0.928. The van der Waals surface area contributed by atoms with Crippen molar-refractivity contribution in [1.29, 1.82) is 0 Å². The number of rotatable bonds is 6. The summed E-state index contributed by atoms with van der Waals surface area (Å²) in [5.74, 6) is 5.98. The lowest BCUT2D eigenvalue weighted by molar-refractivity contribution is 0.170. The molecule has 5 N–H and O–H groups in total. The average molecular weight is 302 g/mol. The molecule has 0 spiro atoms. The highest BCUT2D eigenvalue weighted by Crippen LogP contribution is 2.30. The summed E-state index contributed by atoms with van der Waals surface area (Å²) in [6, 6.07) is 5.84. The smallest absolute Gasteiger partial charge is 0.0507 e. The number of hydrazine groups is 1. The van der Waals surface area contributed by atoms with Crippen molar-refractivity contribution < 1.29 is 4.74 Å². The van der Waals surface area contributed by atoms with Gasteiger partial charge in [0.15, 0.2) is 0 Å². The summed E-state index contributed by atoms with van der Waals surface area (Å²) in [7, 11) is 1.70. The summed E-state index contributed by atoms with van der Waals surface area (Å²) in [4.78, 5) is 0. The Morgan fingerprint density at radius 3 is 2.76 bits per heavy atom. The molecule has 0 amide bonds. The van der Waals surface area contributed by atoms with Crippen LogP contribution in [-0.2, 0) is 4.74 Å². The third kappa shape index (κ3) is 3.96. The molecule has 0 aliphatic rings. The van der Waals surface area contributed by atoms with Gasteiger partial charge in [-0.2, -0.15) is 0 Å². The maximum atomic E-state index is 5.98. The van der Waals surface area contributed by atoms with Crippen molar-refractivity contribution in [2.75, 3.05) is 19.5 Å². The van der Waals surface area contributed by atoms with Crippen molar-refractivity contribution in [2.24, 2.45) is 11.8 Å². The average Bonchev–Trinajstić information content (AvgIpc) is 2.32. The largest absolute Gasteiger partial charge is 0.398 e. The Morgan fingerprint density at radius 1 is 1.47 bits per heavy atom. The van der Waals surface area contributed by atoms with Crippen molar-refractivity contribution in [1.82, 2.24) is 5.43 Å². The molecule has 0 aliphatic heterocycles. The Morgan fingerprint density at radius 2 is 2.18 bits per heavy atom. The van der Waals surface area contributed by atoms with Crippen molar-refractivity contribution in [2.45, 2.75) is 19.4 Å². The third-order valence-corrected chi connectivity index (χ3v) is 3.40. The molecule has 0 saturated carbocycles. The molecule has 2 atom stereocenters. The SMILES string of the molecule is COCCC(C)C(NN)c1cc(Br)ccc1N. The van der Waals surface area contributed by atoms with E-state index in [2.05, 4.69) is 28.3 Å². The van der Waals surface area contributed by atoms with Crippen molar-refractivity contribution in [3.8, 4) is 0 Å². The number of nitrogens with one attached hydrogen (secondary N) is 1. The second-order valence-corrected chi connectivity index (χ2v) is 5.09. The van der Waals surface area contributed by atoms with Crippen LogP contribution < -0.4 is 17.0 Å². The summed E-state index contributed by atoms with van der Waals surface area (Å²) in [6.45, 7) is 2.84. The lowest BCUT2D eigenvalue weighted by atomic mass is 9.91. The normalized spacial score (nSPS) is 14.6. The number of nitrogens with two attached hydrogens (primary N) is 2. The fourth-order valence-corrected chi connectivity index (χ4v) is 2.22. The topological polar surface area (TPSA) is 73.3 Å². The standard InChI is InChI=1S/C12H20BrN3O/c1-8(5-6-17-2)12(16-15)10-7-9(13)3-4-11(10)14/h3-4,7-8,12,16H,5-6,14-15H2,1-2H3. The first kappa shape index (κ1) is 14.4. The van der Waals surface area contributed by atoms with E-state index >= 15 is 0 Å². The van der Waals surface area contributed by atoms with E-state index in [1.54, 1.807) is 7.11 Å². The number of nitrogen functional groups attached to an aromatic ring is 1. The lowest BCUT2D eigenvalue weighted by Crippen LogP contribution is -2.33. The molecular weight excluding hydrogens is 282 g/mol. The molecule has 0 aliphatic carbocycles. The number of hydrogen-bond donors (Lipinski definition) is 3. The predicted octanol–water partition coefficient (Wildman–Crippen LogP) is 2.21. The maximum absolute atomic E-state index is 5.98. The van der Waals surface area contributed by atoms with Crippen LogP contribution in [0.1, 0.15) is 24.9 Å². The first-order valence-electron chi connectivity index (χ1n) is 5.60. The molecule has 1 aromatic carbocycles. The van der Waals surface area contributed by atoms with Crippen LogP contribution in [0.25, 0.3) is 0 Å². The Labute approximate surface area is 111 Å². The number of anilines is 1. The highest BCUT2D eigenvalue weighted by atomic mass is 79.9. The zero-order chi connectivity index (χ0) is 12.8. The first-order valence-corrected chi connectivity index (χ1v) is 6.39. The predicted molar refractivity (Wildman–Crippen MR) is 74.3 cm³/mol. The van der Waals surface area contributed by atoms with Crippen molar-refractivity contribution >= 4 is 21.6 Å².